The van der Waals surface area contributed by atoms with E-state index >= 15 is 0 Å². The van der Waals surface area contributed by atoms with Gasteiger partial charge in [-0.25, -0.2) is 4.98 Å². The summed E-state index contributed by atoms with van der Waals surface area (Å²) in [5.74, 6) is 0.158. The van der Waals surface area contributed by atoms with E-state index < -0.39 is 10.8 Å². The van der Waals surface area contributed by atoms with E-state index in [0.29, 0.717) is 16.0 Å². The second-order valence-electron chi connectivity index (χ2n) is 12.1. The molecule has 0 bridgehead atoms. The first kappa shape index (κ1) is 28.6. The highest BCUT2D eigenvalue weighted by Crippen LogP contribution is 2.45. The number of esters is 2. The van der Waals surface area contributed by atoms with Crippen LogP contribution in [0.3, 0.4) is 0 Å². The standard InChI is InChI=1S/C27H39Cl2N3O4/c1-15(2)30-25-31-20-11-18(28)19(29)12-22(20)32(25)21-10-9-16(13-35-23(33)26(3,4)5)17(21)14-36-24(34)27(6,7)8/h11-12,15-17,21H,9-10,13-14H2,1-8H3,(H,30,31). The number of halogens is 2. The number of nitrogens with zero attached hydrogens (tertiary/aromatic N) is 2. The van der Waals surface area contributed by atoms with Gasteiger partial charge in [0.15, 0.2) is 0 Å². The molecule has 9 heteroatoms. The fourth-order valence-corrected chi connectivity index (χ4v) is 4.79. The van der Waals surface area contributed by atoms with Crippen molar-refractivity contribution in [3.05, 3.63) is 22.2 Å². The highest BCUT2D eigenvalue weighted by Gasteiger charge is 2.41. The number of rotatable bonds is 7. The third kappa shape index (κ3) is 6.46. The Morgan fingerprint density at radius 3 is 2.11 bits per heavy atom. The Labute approximate surface area is 224 Å². The molecular formula is C27H39Cl2N3O4. The quantitative estimate of drug-likeness (QED) is 0.385. The summed E-state index contributed by atoms with van der Waals surface area (Å²) in [6.45, 7) is 15.6. The van der Waals surface area contributed by atoms with Crippen molar-refractivity contribution >= 4 is 52.1 Å². The van der Waals surface area contributed by atoms with Gasteiger partial charge < -0.3 is 19.4 Å². The molecule has 0 saturated heterocycles. The van der Waals surface area contributed by atoms with Crippen LogP contribution in [-0.2, 0) is 19.1 Å². The van der Waals surface area contributed by atoms with Crippen molar-refractivity contribution in [1.82, 2.24) is 9.55 Å². The number of fused-ring (bicyclic) bond motifs is 1. The van der Waals surface area contributed by atoms with Gasteiger partial charge in [-0.2, -0.15) is 0 Å². The monoisotopic (exact) mass is 539 g/mol. The second-order valence-corrected chi connectivity index (χ2v) is 12.9. The Hall–Kier alpha value is -1.99. The molecule has 0 radical (unpaired) electrons. The molecule has 1 N–H and O–H groups in total. The van der Waals surface area contributed by atoms with Gasteiger partial charge >= 0.3 is 11.9 Å². The number of anilines is 1. The molecule has 1 aromatic heterocycles. The molecule has 0 amide bonds. The summed E-state index contributed by atoms with van der Waals surface area (Å²) in [6.07, 6.45) is 1.63. The minimum atomic E-state index is -0.612. The fourth-order valence-electron chi connectivity index (χ4n) is 4.48. The predicted molar refractivity (Wildman–Crippen MR) is 145 cm³/mol. The van der Waals surface area contributed by atoms with Crippen molar-refractivity contribution in [1.29, 1.82) is 0 Å². The summed E-state index contributed by atoms with van der Waals surface area (Å²) in [7, 11) is 0. The van der Waals surface area contributed by atoms with Crippen molar-refractivity contribution in [2.45, 2.75) is 80.3 Å². The van der Waals surface area contributed by atoms with Crippen molar-refractivity contribution in [3.8, 4) is 0 Å². The molecule has 3 rings (SSSR count). The zero-order chi connectivity index (χ0) is 27.0. The number of carbonyl (C=O) groups is 2. The van der Waals surface area contributed by atoms with Crippen molar-refractivity contribution < 1.29 is 19.1 Å². The summed E-state index contributed by atoms with van der Waals surface area (Å²) in [5, 5.41) is 4.34. The molecule has 1 aromatic carbocycles. The molecule has 7 nitrogen and oxygen atoms in total. The molecule has 0 spiro atoms. The van der Waals surface area contributed by atoms with Crippen molar-refractivity contribution in [2.75, 3.05) is 18.5 Å². The molecule has 1 heterocycles. The number of ether oxygens (including phenoxy) is 2. The molecule has 36 heavy (non-hydrogen) atoms. The largest absolute Gasteiger partial charge is 0.465 e. The molecular weight excluding hydrogens is 501 g/mol. The third-order valence-corrected chi connectivity index (χ3v) is 7.20. The second kappa shape index (κ2) is 10.8. The smallest absolute Gasteiger partial charge is 0.311 e. The van der Waals surface area contributed by atoms with Crippen LogP contribution in [0.2, 0.25) is 10.0 Å². The topological polar surface area (TPSA) is 82.4 Å². The van der Waals surface area contributed by atoms with Gasteiger partial charge in [0.1, 0.15) is 0 Å². The molecule has 1 aliphatic carbocycles. The zero-order valence-corrected chi connectivity index (χ0v) is 24.1. The molecule has 1 saturated carbocycles. The Morgan fingerprint density at radius 2 is 1.56 bits per heavy atom. The Bertz CT molecular complexity index is 1110. The van der Waals surface area contributed by atoms with E-state index in [2.05, 4.69) is 23.7 Å². The van der Waals surface area contributed by atoms with Gasteiger partial charge in [0.05, 0.1) is 45.1 Å². The number of hydrogen-bond donors (Lipinski definition) is 1. The Balaban J connectivity index is 2.00. The van der Waals surface area contributed by atoms with Gasteiger partial charge in [-0.1, -0.05) is 23.2 Å². The molecule has 200 valence electrons. The first-order valence-corrected chi connectivity index (χ1v) is 13.3. The van der Waals surface area contributed by atoms with Gasteiger partial charge in [-0.05, 0) is 80.4 Å². The molecule has 3 atom stereocenters. The summed E-state index contributed by atoms with van der Waals surface area (Å²) < 4.78 is 13.7. The van der Waals surface area contributed by atoms with Crippen molar-refractivity contribution in [2.24, 2.45) is 22.7 Å². The van der Waals surface area contributed by atoms with Crippen LogP contribution in [0.15, 0.2) is 12.1 Å². The normalized spacial score (nSPS) is 20.7. The maximum Gasteiger partial charge on any atom is 0.311 e. The third-order valence-electron chi connectivity index (χ3n) is 6.47. The van der Waals surface area contributed by atoms with Crippen LogP contribution in [0.5, 0.6) is 0 Å². The molecule has 1 fully saturated rings. The van der Waals surface area contributed by atoms with Crippen LogP contribution in [0.1, 0.15) is 74.3 Å². The summed E-state index contributed by atoms with van der Waals surface area (Å²) >= 11 is 12.7. The van der Waals surface area contributed by atoms with E-state index in [1.165, 1.54) is 0 Å². The molecule has 2 aromatic rings. The molecule has 1 aliphatic rings. The van der Waals surface area contributed by atoms with Gasteiger partial charge in [-0.3, -0.25) is 9.59 Å². The van der Waals surface area contributed by atoms with E-state index in [1.807, 2.05) is 47.6 Å². The SMILES string of the molecule is CC(C)Nc1nc2cc(Cl)c(Cl)cc2n1C1CCC(COC(=O)C(C)(C)C)C1COC(=O)C(C)(C)C. The number of imidazole rings is 1. The van der Waals surface area contributed by atoms with E-state index in [-0.39, 0.29) is 49.1 Å². The van der Waals surface area contributed by atoms with Crippen LogP contribution in [0.4, 0.5) is 5.95 Å². The summed E-state index contributed by atoms with van der Waals surface area (Å²) in [5.41, 5.74) is 0.396. The van der Waals surface area contributed by atoms with Gasteiger partial charge in [0.25, 0.3) is 0 Å². The van der Waals surface area contributed by atoms with Crippen molar-refractivity contribution in [3.63, 3.8) is 0 Å². The highest BCUT2D eigenvalue weighted by molar-refractivity contribution is 6.42. The van der Waals surface area contributed by atoms with Crippen LogP contribution in [0.25, 0.3) is 11.0 Å². The highest BCUT2D eigenvalue weighted by atomic mass is 35.5. The van der Waals surface area contributed by atoms with Gasteiger partial charge in [0.2, 0.25) is 5.95 Å². The number of carbonyl (C=O) groups excluding carboxylic acids is 2. The van der Waals surface area contributed by atoms with Crippen LogP contribution >= 0.6 is 23.2 Å². The lowest BCUT2D eigenvalue weighted by Crippen LogP contribution is -2.32. The number of nitrogens with one attached hydrogen (secondary N) is 1. The lowest BCUT2D eigenvalue weighted by molar-refractivity contribution is -0.158. The maximum absolute atomic E-state index is 12.7. The Kier molecular flexibility index (Phi) is 8.56. The summed E-state index contributed by atoms with van der Waals surface area (Å²) in [6, 6.07) is 3.71. The van der Waals surface area contributed by atoms with Gasteiger partial charge in [-0.15, -0.1) is 0 Å². The number of benzene rings is 1. The minimum Gasteiger partial charge on any atom is -0.465 e. The average Bonchev–Trinajstić information content (AvgIpc) is 3.28. The number of hydrogen-bond acceptors (Lipinski definition) is 6. The maximum atomic E-state index is 12.7. The van der Waals surface area contributed by atoms with Crippen LogP contribution in [-0.4, -0.2) is 40.7 Å². The average molecular weight is 541 g/mol. The molecule has 3 unspecified atom stereocenters. The van der Waals surface area contributed by atoms with Gasteiger partial charge in [0, 0.05) is 23.9 Å². The van der Waals surface area contributed by atoms with Crippen LogP contribution < -0.4 is 5.32 Å². The lowest BCUT2D eigenvalue weighted by Gasteiger charge is -2.29. The minimum absolute atomic E-state index is 0.0289. The predicted octanol–water partition coefficient (Wildman–Crippen LogP) is 6.91. The van der Waals surface area contributed by atoms with E-state index in [4.69, 9.17) is 37.7 Å². The zero-order valence-electron chi connectivity index (χ0n) is 22.6. The summed E-state index contributed by atoms with van der Waals surface area (Å²) in [4.78, 5) is 30.0. The first-order valence-electron chi connectivity index (χ1n) is 12.6. The van der Waals surface area contributed by atoms with E-state index in [1.54, 1.807) is 6.07 Å². The van der Waals surface area contributed by atoms with Crippen LogP contribution in [0, 0.1) is 22.7 Å². The van der Waals surface area contributed by atoms with E-state index in [0.717, 1.165) is 23.9 Å². The number of aromatic nitrogens is 2. The molecule has 0 aliphatic heterocycles. The fraction of sp³-hybridized carbons (Fsp3) is 0.667. The first-order chi connectivity index (χ1) is 16.6. The van der Waals surface area contributed by atoms with E-state index in [9.17, 15) is 9.59 Å². The lowest BCUT2D eigenvalue weighted by atomic mass is 9.93. The Morgan fingerprint density at radius 1 is 1.00 bits per heavy atom.